The van der Waals surface area contributed by atoms with Crippen LogP contribution in [0.4, 0.5) is 0 Å². The molecule has 0 spiro atoms. The third-order valence-corrected chi connectivity index (χ3v) is 5.18. The lowest BCUT2D eigenvalue weighted by atomic mass is 10.0. The van der Waals surface area contributed by atoms with Gasteiger partial charge in [-0.15, -0.1) is 21.5 Å². The zero-order chi connectivity index (χ0) is 16.6. The van der Waals surface area contributed by atoms with Crippen LogP contribution >= 0.6 is 11.3 Å². The van der Waals surface area contributed by atoms with Crippen LogP contribution in [0.1, 0.15) is 35.4 Å². The van der Waals surface area contributed by atoms with E-state index in [9.17, 15) is 0 Å². The second kappa shape index (κ2) is 6.28. The molecule has 0 N–H and O–H groups in total. The molecule has 0 aliphatic rings. The highest BCUT2D eigenvalue weighted by Gasteiger charge is 2.14. The minimum absolute atomic E-state index is 0.588. The standard InChI is InChI=1S/C19H22N2OS/c1-11(2)8-16-6-7-17(23-16)19-21-20-18(22-19)15-9-12(3)14(5)13(4)10-15/h6-7,9-11H,8H2,1-5H3. The Balaban J connectivity index is 1.90. The Morgan fingerprint density at radius 3 is 2.30 bits per heavy atom. The average molecular weight is 326 g/mol. The molecule has 4 heteroatoms. The quantitative estimate of drug-likeness (QED) is 0.627. The molecule has 0 bridgehead atoms. The minimum atomic E-state index is 0.588. The van der Waals surface area contributed by atoms with Crippen LogP contribution in [-0.2, 0) is 6.42 Å². The molecule has 0 atom stereocenters. The number of nitrogens with zero attached hydrogens (tertiary/aromatic N) is 2. The normalized spacial score (nSPS) is 11.4. The first-order chi connectivity index (χ1) is 10.9. The van der Waals surface area contributed by atoms with Crippen molar-refractivity contribution in [2.45, 2.75) is 41.0 Å². The van der Waals surface area contributed by atoms with E-state index in [1.807, 2.05) is 0 Å². The molecule has 0 aliphatic heterocycles. The van der Waals surface area contributed by atoms with Gasteiger partial charge in [0.05, 0.1) is 4.88 Å². The monoisotopic (exact) mass is 326 g/mol. The van der Waals surface area contributed by atoms with Gasteiger partial charge >= 0.3 is 0 Å². The summed E-state index contributed by atoms with van der Waals surface area (Å²) < 4.78 is 5.91. The summed E-state index contributed by atoms with van der Waals surface area (Å²) in [6.45, 7) is 10.8. The van der Waals surface area contributed by atoms with Crippen molar-refractivity contribution in [1.29, 1.82) is 0 Å². The van der Waals surface area contributed by atoms with Crippen molar-refractivity contribution in [2.24, 2.45) is 5.92 Å². The van der Waals surface area contributed by atoms with Gasteiger partial charge in [-0.1, -0.05) is 13.8 Å². The maximum Gasteiger partial charge on any atom is 0.258 e. The Bertz CT molecular complexity index is 807. The molecule has 0 fully saturated rings. The molecule has 0 saturated carbocycles. The summed E-state index contributed by atoms with van der Waals surface area (Å²) in [5.74, 6) is 1.85. The van der Waals surface area contributed by atoms with Crippen molar-refractivity contribution in [1.82, 2.24) is 10.2 Å². The van der Waals surface area contributed by atoms with Gasteiger partial charge in [0.25, 0.3) is 5.89 Å². The van der Waals surface area contributed by atoms with Gasteiger partial charge in [0.15, 0.2) is 0 Å². The van der Waals surface area contributed by atoms with E-state index in [0.29, 0.717) is 17.7 Å². The van der Waals surface area contributed by atoms with E-state index in [1.165, 1.54) is 21.6 Å². The van der Waals surface area contributed by atoms with Crippen LogP contribution in [0.25, 0.3) is 22.2 Å². The van der Waals surface area contributed by atoms with Crippen molar-refractivity contribution < 1.29 is 4.42 Å². The highest BCUT2D eigenvalue weighted by atomic mass is 32.1. The van der Waals surface area contributed by atoms with Crippen LogP contribution in [0.2, 0.25) is 0 Å². The smallest absolute Gasteiger partial charge is 0.258 e. The van der Waals surface area contributed by atoms with Crippen LogP contribution < -0.4 is 0 Å². The third kappa shape index (κ3) is 3.37. The fourth-order valence-corrected chi connectivity index (χ4v) is 3.74. The summed E-state index contributed by atoms with van der Waals surface area (Å²) in [7, 11) is 0. The molecular weight excluding hydrogens is 304 g/mol. The van der Waals surface area contributed by atoms with Crippen LogP contribution in [0.3, 0.4) is 0 Å². The molecule has 2 aromatic heterocycles. The molecule has 0 radical (unpaired) electrons. The first kappa shape index (κ1) is 15.9. The number of thiophene rings is 1. The largest absolute Gasteiger partial charge is 0.415 e. The Morgan fingerprint density at radius 2 is 1.65 bits per heavy atom. The highest BCUT2D eigenvalue weighted by Crippen LogP contribution is 2.31. The fraction of sp³-hybridized carbons (Fsp3) is 0.368. The van der Waals surface area contributed by atoms with Crippen molar-refractivity contribution in [3.63, 3.8) is 0 Å². The maximum atomic E-state index is 5.91. The number of benzene rings is 1. The second-order valence-corrected chi connectivity index (χ2v) is 7.68. The number of hydrogen-bond acceptors (Lipinski definition) is 4. The second-order valence-electron chi connectivity index (χ2n) is 6.51. The molecule has 0 amide bonds. The van der Waals surface area contributed by atoms with Gasteiger partial charge in [-0.3, -0.25) is 0 Å². The SMILES string of the molecule is Cc1cc(-c2nnc(-c3ccc(CC(C)C)s3)o2)cc(C)c1C. The number of aryl methyl sites for hydroxylation is 2. The zero-order valence-electron chi connectivity index (χ0n) is 14.3. The molecule has 3 aromatic rings. The molecule has 2 heterocycles. The van der Waals surface area contributed by atoms with Crippen LogP contribution in [-0.4, -0.2) is 10.2 Å². The molecule has 1 aromatic carbocycles. The average Bonchev–Trinajstić information content (AvgIpc) is 3.12. The molecule has 3 rings (SSSR count). The summed E-state index contributed by atoms with van der Waals surface area (Å²) in [5.41, 5.74) is 4.79. The summed E-state index contributed by atoms with van der Waals surface area (Å²) in [6, 6.07) is 8.45. The lowest BCUT2D eigenvalue weighted by Crippen LogP contribution is -1.89. The van der Waals surface area contributed by atoms with Gasteiger partial charge in [0, 0.05) is 10.4 Å². The van der Waals surface area contributed by atoms with E-state index < -0.39 is 0 Å². The zero-order valence-corrected chi connectivity index (χ0v) is 15.1. The highest BCUT2D eigenvalue weighted by molar-refractivity contribution is 7.15. The lowest BCUT2D eigenvalue weighted by molar-refractivity contribution is 0.586. The fourth-order valence-electron chi connectivity index (χ4n) is 2.60. The van der Waals surface area contributed by atoms with E-state index >= 15 is 0 Å². The Labute approximate surface area is 141 Å². The number of rotatable bonds is 4. The summed E-state index contributed by atoms with van der Waals surface area (Å²) in [6.07, 6.45) is 1.09. The predicted molar refractivity (Wildman–Crippen MR) is 95.8 cm³/mol. The van der Waals surface area contributed by atoms with E-state index in [4.69, 9.17) is 4.42 Å². The van der Waals surface area contributed by atoms with E-state index in [0.717, 1.165) is 16.9 Å². The van der Waals surface area contributed by atoms with E-state index in [-0.39, 0.29) is 0 Å². The summed E-state index contributed by atoms with van der Waals surface area (Å²) >= 11 is 1.74. The predicted octanol–water partition coefficient (Wildman–Crippen LogP) is 5.59. The molecular formula is C19H22N2OS. The molecule has 23 heavy (non-hydrogen) atoms. The van der Waals surface area contributed by atoms with Crippen LogP contribution in [0, 0.1) is 26.7 Å². The van der Waals surface area contributed by atoms with Crippen molar-refractivity contribution in [3.8, 4) is 22.2 Å². The van der Waals surface area contributed by atoms with Crippen molar-refractivity contribution in [2.75, 3.05) is 0 Å². The number of aromatic nitrogens is 2. The molecule has 120 valence electrons. The van der Waals surface area contributed by atoms with Gasteiger partial charge in [-0.25, -0.2) is 0 Å². The molecule has 3 nitrogen and oxygen atoms in total. The number of hydrogen-bond donors (Lipinski definition) is 0. The Kier molecular flexibility index (Phi) is 4.35. The Hall–Kier alpha value is -1.94. The van der Waals surface area contributed by atoms with Gasteiger partial charge < -0.3 is 4.42 Å². The van der Waals surface area contributed by atoms with Gasteiger partial charge in [0.2, 0.25) is 5.89 Å². The van der Waals surface area contributed by atoms with Crippen LogP contribution in [0.15, 0.2) is 28.7 Å². The summed E-state index contributed by atoms with van der Waals surface area (Å²) in [4.78, 5) is 2.40. The van der Waals surface area contributed by atoms with E-state index in [1.54, 1.807) is 11.3 Å². The van der Waals surface area contributed by atoms with Gasteiger partial charge in [-0.2, -0.15) is 0 Å². The van der Waals surface area contributed by atoms with Gasteiger partial charge in [-0.05, 0) is 74.1 Å². The third-order valence-electron chi connectivity index (χ3n) is 4.08. The molecule has 0 saturated heterocycles. The maximum absolute atomic E-state index is 5.91. The summed E-state index contributed by atoms with van der Waals surface area (Å²) in [5, 5.41) is 8.47. The van der Waals surface area contributed by atoms with Gasteiger partial charge in [0.1, 0.15) is 0 Å². The lowest BCUT2D eigenvalue weighted by Gasteiger charge is -2.06. The first-order valence-corrected chi connectivity index (χ1v) is 8.76. The topological polar surface area (TPSA) is 38.9 Å². The first-order valence-electron chi connectivity index (χ1n) is 7.95. The Morgan fingerprint density at radius 1 is 1.00 bits per heavy atom. The molecule has 0 aliphatic carbocycles. The van der Waals surface area contributed by atoms with E-state index in [2.05, 4.69) is 69.1 Å². The minimum Gasteiger partial charge on any atom is -0.415 e. The van der Waals surface area contributed by atoms with Crippen molar-refractivity contribution in [3.05, 3.63) is 45.8 Å². The van der Waals surface area contributed by atoms with Crippen LogP contribution in [0.5, 0.6) is 0 Å². The molecule has 0 unspecified atom stereocenters. The van der Waals surface area contributed by atoms with Crippen molar-refractivity contribution >= 4 is 11.3 Å².